The van der Waals surface area contributed by atoms with Gasteiger partial charge in [0, 0.05) is 6.42 Å². The monoisotopic (exact) mass is 569 g/mol. The van der Waals surface area contributed by atoms with Crippen molar-refractivity contribution in [2.45, 2.75) is 70.7 Å². The van der Waals surface area contributed by atoms with Gasteiger partial charge in [-0.25, -0.2) is 4.79 Å². The van der Waals surface area contributed by atoms with Gasteiger partial charge in [-0.3, -0.25) is 24.5 Å². The Balaban J connectivity index is 1.97. The molecule has 0 saturated carbocycles. The van der Waals surface area contributed by atoms with Crippen LogP contribution in [-0.4, -0.2) is 64.6 Å². The van der Waals surface area contributed by atoms with Crippen molar-refractivity contribution in [2.75, 3.05) is 6.54 Å². The predicted octanol–water partition coefficient (Wildman–Crippen LogP) is 1.05. The zero-order valence-corrected chi connectivity index (χ0v) is 23.9. The Bertz CT molecular complexity index is 1230. The summed E-state index contributed by atoms with van der Waals surface area (Å²) in [6.07, 6.45) is -0.723. The van der Waals surface area contributed by atoms with Crippen LogP contribution in [0.2, 0.25) is 0 Å². The minimum Gasteiger partial charge on any atom is -0.508 e. The number of nitrogens with one attached hydrogen (secondary N) is 4. The molecule has 0 aliphatic carbocycles. The van der Waals surface area contributed by atoms with E-state index in [0.717, 1.165) is 11.1 Å². The summed E-state index contributed by atoms with van der Waals surface area (Å²) in [4.78, 5) is 63.1. The molecule has 7 N–H and O–H groups in total. The highest BCUT2D eigenvalue weighted by Crippen LogP contribution is 2.15. The van der Waals surface area contributed by atoms with E-state index in [1.165, 1.54) is 26.0 Å². The van der Waals surface area contributed by atoms with Gasteiger partial charge < -0.3 is 31.5 Å². The number of phenols is 1. The first-order valence-corrected chi connectivity index (χ1v) is 13.1. The minimum absolute atomic E-state index is 0.0491. The zero-order chi connectivity index (χ0) is 30.8. The lowest BCUT2D eigenvalue weighted by Gasteiger charge is -2.30. The second-order valence-corrected chi connectivity index (χ2v) is 10.9. The molecule has 12 nitrogen and oxygen atoms in total. The van der Waals surface area contributed by atoms with E-state index in [-0.39, 0.29) is 18.6 Å². The van der Waals surface area contributed by atoms with Crippen molar-refractivity contribution < 1.29 is 33.8 Å². The number of imide groups is 1. The van der Waals surface area contributed by atoms with Gasteiger partial charge in [-0.1, -0.05) is 42.5 Å². The van der Waals surface area contributed by atoms with Crippen LogP contribution < -0.4 is 27.0 Å². The number of rotatable bonds is 11. The van der Waals surface area contributed by atoms with Crippen LogP contribution in [0.25, 0.3) is 0 Å². The Morgan fingerprint density at radius 2 is 1.51 bits per heavy atom. The second-order valence-electron chi connectivity index (χ2n) is 10.9. The van der Waals surface area contributed by atoms with Crippen LogP contribution in [-0.2, 0) is 36.8 Å². The molecule has 2 aromatic rings. The Morgan fingerprint density at radius 1 is 0.902 bits per heavy atom. The second kappa shape index (κ2) is 14.3. The first-order chi connectivity index (χ1) is 19.1. The predicted molar refractivity (Wildman–Crippen MR) is 151 cm³/mol. The average molecular weight is 570 g/mol. The maximum atomic E-state index is 13.1. The van der Waals surface area contributed by atoms with E-state index in [1.54, 1.807) is 63.2 Å². The molecular weight excluding hydrogens is 530 g/mol. The number of aromatic hydroxyl groups is 1. The molecule has 0 aromatic heterocycles. The maximum absolute atomic E-state index is 13.1. The Hall–Kier alpha value is -4.45. The molecular formula is C29H39N5O7. The van der Waals surface area contributed by atoms with Gasteiger partial charge in [0.2, 0.25) is 17.7 Å². The van der Waals surface area contributed by atoms with Crippen molar-refractivity contribution in [3.05, 3.63) is 65.7 Å². The number of amides is 5. The van der Waals surface area contributed by atoms with E-state index < -0.39 is 59.5 Å². The standard InChI is InChI=1S/C29H39N5O7/c1-18(32-25(38)22(30)15-19-11-13-21(35)14-12-19)24(37)31-17-23(36)34-29(5,16-20-9-7-6-8-10-20)26(39)33-27(40)41-28(2,3)4/h6-14,18,22,35H,15-17,30H2,1-5H3,(H,31,37)(H,32,38)(H,34,36)(H,33,39,40)/t18-,22+,29+/m1/s1. The molecule has 3 atom stereocenters. The molecule has 2 aromatic carbocycles. The molecule has 0 unspecified atom stereocenters. The lowest BCUT2D eigenvalue weighted by atomic mass is 9.91. The van der Waals surface area contributed by atoms with Gasteiger partial charge >= 0.3 is 6.09 Å². The summed E-state index contributed by atoms with van der Waals surface area (Å²) in [5, 5.41) is 19.1. The number of hydrogen-bond donors (Lipinski definition) is 6. The molecule has 0 aliphatic heterocycles. The number of phenolic OH excluding ortho intramolecular Hbond substituents is 1. The largest absolute Gasteiger partial charge is 0.508 e. The highest BCUT2D eigenvalue weighted by atomic mass is 16.6. The fraction of sp³-hybridized carbons (Fsp3) is 0.414. The first kappa shape index (κ1) is 32.8. The summed E-state index contributed by atoms with van der Waals surface area (Å²) in [7, 11) is 0. The number of carbonyl (C=O) groups is 5. The van der Waals surface area contributed by atoms with E-state index in [4.69, 9.17) is 10.5 Å². The van der Waals surface area contributed by atoms with Crippen molar-refractivity contribution in [1.82, 2.24) is 21.3 Å². The van der Waals surface area contributed by atoms with Crippen LogP contribution in [0.5, 0.6) is 5.75 Å². The fourth-order valence-electron chi connectivity index (χ4n) is 3.76. The third-order valence-electron chi connectivity index (χ3n) is 5.84. The molecule has 5 amide bonds. The van der Waals surface area contributed by atoms with Crippen LogP contribution in [0, 0.1) is 0 Å². The third-order valence-corrected chi connectivity index (χ3v) is 5.84. The van der Waals surface area contributed by atoms with E-state index in [9.17, 15) is 29.1 Å². The molecule has 2 rings (SSSR count). The maximum Gasteiger partial charge on any atom is 0.414 e. The summed E-state index contributed by atoms with van der Waals surface area (Å²) >= 11 is 0. The third kappa shape index (κ3) is 11.3. The first-order valence-electron chi connectivity index (χ1n) is 13.1. The van der Waals surface area contributed by atoms with Crippen molar-refractivity contribution in [2.24, 2.45) is 5.73 Å². The Kier molecular flexibility index (Phi) is 11.4. The van der Waals surface area contributed by atoms with E-state index in [2.05, 4.69) is 21.3 Å². The van der Waals surface area contributed by atoms with E-state index in [1.807, 2.05) is 0 Å². The van der Waals surface area contributed by atoms with Gasteiger partial charge in [0.1, 0.15) is 22.9 Å². The molecule has 0 bridgehead atoms. The van der Waals surface area contributed by atoms with Crippen molar-refractivity contribution in [1.29, 1.82) is 0 Å². The van der Waals surface area contributed by atoms with Crippen LogP contribution in [0.15, 0.2) is 54.6 Å². The number of benzene rings is 2. The number of hydrogen-bond acceptors (Lipinski definition) is 8. The van der Waals surface area contributed by atoms with Gasteiger partial charge in [-0.2, -0.15) is 0 Å². The van der Waals surface area contributed by atoms with Gasteiger partial charge in [0.15, 0.2) is 0 Å². The van der Waals surface area contributed by atoms with Gasteiger partial charge in [-0.05, 0) is 64.3 Å². The summed E-state index contributed by atoms with van der Waals surface area (Å²) in [5.41, 5.74) is 4.99. The van der Waals surface area contributed by atoms with E-state index in [0.29, 0.717) is 0 Å². The number of nitrogens with two attached hydrogens (primary N) is 1. The van der Waals surface area contributed by atoms with Gasteiger partial charge in [0.25, 0.3) is 5.91 Å². The van der Waals surface area contributed by atoms with E-state index >= 15 is 0 Å². The van der Waals surface area contributed by atoms with Crippen LogP contribution in [0.1, 0.15) is 45.7 Å². The summed E-state index contributed by atoms with van der Waals surface area (Å²) < 4.78 is 5.16. The summed E-state index contributed by atoms with van der Waals surface area (Å²) in [6.45, 7) is 7.35. The molecule has 41 heavy (non-hydrogen) atoms. The average Bonchev–Trinajstić information content (AvgIpc) is 2.87. The quantitative estimate of drug-likeness (QED) is 0.231. The minimum atomic E-state index is -1.57. The van der Waals surface area contributed by atoms with Crippen LogP contribution in [0.3, 0.4) is 0 Å². The summed E-state index contributed by atoms with van der Waals surface area (Å²) in [5.74, 6) is -2.62. The highest BCUT2D eigenvalue weighted by molar-refractivity contribution is 6.00. The highest BCUT2D eigenvalue weighted by Gasteiger charge is 2.37. The lowest BCUT2D eigenvalue weighted by Crippen LogP contribution is -2.61. The molecule has 0 spiro atoms. The molecule has 0 fully saturated rings. The lowest BCUT2D eigenvalue weighted by molar-refractivity contribution is -0.133. The molecule has 0 heterocycles. The topological polar surface area (TPSA) is 189 Å². The number of ether oxygens (including phenoxy) is 1. The van der Waals surface area contributed by atoms with Crippen LogP contribution in [0.4, 0.5) is 4.79 Å². The Morgan fingerprint density at radius 3 is 2.10 bits per heavy atom. The smallest absolute Gasteiger partial charge is 0.414 e. The van der Waals surface area contributed by atoms with Gasteiger partial charge in [-0.15, -0.1) is 0 Å². The number of alkyl carbamates (subject to hydrolysis) is 1. The Labute approximate surface area is 239 Å². The van der Waals surface area contributed by atoms with Crippen LogP contribution >= 0.6 is 0 Å². The number of carbonyl (C=O) groups excluding carboxylic acids is 5. The molecule has 222 valence electrons. The van der Waals surface area contributed by atoms with Crippen molar-refractivity contribution >= 4 is 29.7 Å². The molecule has 12 heteroatoms. The van der Waals surface area contributed by atoms with Crippen molar-refractivity contribution in [3.8, 4) is 5.75 Å². The fourth-order valence-corrected chi connectivity index (χ4v) is 3.76. The zero-order valence-electron chi connectivity index (χ0n) is 23.9. The molecule has 0 aliphatic rings. The summed E-state index contributed by atoms with van der Waals surface area (Å²) in [6, 6.07) is 13.2. The molecule has 0 saturated heterocycles. The SMILES string of the molecule is C[C@@H](NC(=O)[C@@H](N)Cc1ccc(O)cc1)C(=O)NCC(=O)N[C@@](C)(Cc1ccccc1)C(=O)NC(=O)OC(C)(C)C. The normalized spacial score (nSPS) is 14.0. The van der Waals surface area contributed by atoms with Crippen molar-refractivity contribution in [3.63, 3.8) is 0 Å². The van der Waals surface area contributed by atoms with Gasteiger partial charge in [0.05, 0.1) is 12.6 Å². The molecule has 0 radical (unpaired) electrons.